The Morgan fingerprint density at radius 1 is 1.09 bits per heavy atom. The van der Waals surface area contributed by atoms with Crippen molar-refractivity contribution in [3.05, 3.63) is 54.2 Å². The van der Waals surface area contributed by atoms with Gasteiger partial charge in [0.15, 0.2) is 0 Å². The van der Waals surface area contributed by atoms with Crippen LogP contribution in [-0.4, -0.2) is 34.1 Å². The number of carbonyl (C=O) groups excluding carboxylic acids is 1. The van der Waals surface area contributed by atoms with Crippen molar-refractivity contribution in [2.24, 2.45) is 11.8 Å². The summed E-state index contributed by atoms with van der Waals surface area (Å²) in [6.45, 7) is 1.74. The minimum atomic E-state index is 0.0991. The highest BCUT2D eigenvalue weighted by Gasteiger charge is 2.36. The van der Waals surface area contributed by atoms with Gasteiger partial charge in [0.25, 0.3) is 5.91 Å². The van der Waals surface area contributed by atoms with E-state index in [9.17, 15) is 4.79 Å². The number of nitrogens with zero attached hydrogens (tertiary/aromatic N) is 2. The van der Waals surface area contributed by atoms with E-state index in [-0.39, 0.29) is 5.91 Å². The van der Waals surface area contributed by atoms with Crippen LogP contribution >= 0.6 is 0 Å². The lowest BCUT2D eigenvalue weighted by Gasteiger charge is -2.17. The van der Waals surface area contributed by atoms with Gasteiger partial charge in [0, 0.05) is 18.7 Å². The third kappa shape index (κ3) is 2.25. The number of rotatable bonds is 2. The van der Waals surface area contributed by atoms with Gasteiger partial charge in [0.05, 0.1) is 17.5 Å². The molecule has 0 spiro atoms. The lowest BCUT2D eigenvalue weighted by Crippen LogP contribution is -2.29. The third-order valence-electron chi connectivity index (χ3n) is 4.84. The Labute approximate surface area is 129 Å². The van der Waals surface area contributed by atoms with Crippen LogP contribution in [0.3, 0.4) is 0 Å². The summed E-state index contributed by atoms with van der Waals surface area (Å²) in [5.41, 5.74) is 2.50. The standard InChI is InChI=1S/C18H19N3O/c22-18(21-11-14-8-4-5-9-15(14)12-21)16-10-19-20-17(16)13-6-2-1-3-7-13/h1-7,10,14-15H,8-9,11-12H2,(H,19,20)/t14-,15+. The molecule has 112 valence electrons. The second-order valence-corrected chi connectivity index (χ2v) is 6.20. The summed E-state index contributed by atoms with van der Waals surface area (Å²) in [5.74, 6) is 1.35. The number of aromatic nitrogens is 2. The van der Waals surface area contributed by atoms with Crippen LogP contribution in [0.5, 0.6) is 0 Å². The predicted octanol–water partition coefficient (Wildman–Crippen LogP) is 3.11. The van der Waals surface area contributed by atoms with Gasteiger partial charge in [-0.05, 0) is 24.7 Å². The lowest BCUT2D eigenvalue weighted by molar-refractivity contribution is 0.0785. The molecule has 22 heavy (non-hydrogen) atoms. The number of amides is 1. The fraction of sp³-hybridized carbons (Fsp3) is 0.333. The monoisotopic (exact) mass is 293 g/mol. The number of nitrogens with one attached hydrogen (secondary N) is 1. The summed E-state index contributed by atoms with van der Waals surface area (Å²) in [6.07, 6.45) is 8.37. The fourth-order valence-electron chi connectivity index (χ4n) is 3.62. The average Bonchev–Trinajstić information content (AvgIpc) is 3.21. The van der Waals surface area contributed by atoms with Crippen molar-refractivity contribution in [2.75, 3.05) is 13.1 Å². The molecule has 4 heteroatoms. The van der Waals surface area contributed by atoms with E-state index in [1.54, 1.807) is 6.20 Å². The molecule has 1 fully saturated rings. The first-order valence-corrected chi connectivity index (χ1v) is 7.86. The number of hydrogen-bond donors (Lipinski definition) is 1. The highest BCUT2D eigenvalue weighted by atomic mass is 16.2. The molecule has 2 atom stereocenters. The smallest absolute Gasteiger partial charge is 0.257 e. The second-order valence-electron chi connectivity index (χ2n) is 6.20. The zero-order valence-electron chi connectivity index (χ0n) is 12.4. The Morgan fingerprint density at radius 3 is 2.45 bits per heavy atom. The molecule has 1 amide bonds. The molecule has 2 aromatic rings. The Balaban J connectivity index is 1.59. The first-order valence-electron chi connectivity index (χ1n) is 7.86. The summed E-state index contributed by atoms with van der Waals surface area (Å²) in [4.78, 5) is 14.9. The van der Waals surface area contributed by atoms with Crippen LogP contribution in [0.1, 0.15) is 23.2 Å². The van der Waals surface area contributed by atoms with Crippen molar-refractivity contribution in [1.29, 1.82) is 0 Å². The van der Waals surface area contributed by atoms with Crippen molar-refractivity contribution in [3.63, 3.8) is 0 Å². The number of benzene rings is 1. The molecule has 1 aromatic heterocycles. The van der Waals surface area contributed by atoms with Crippen LogP contribution in [0.15, 0.2) is 48.7 Å². The zero-order chi connectivity index (χ0) is 14.9. The molecule has 0 radical (unpaired) electrons. The number of aromatic amines is 1. The summed E-state index contributed by atoms with van der Waals surface area (Å²) in [6, 6.07) is 9.91. The molecular formula is C18H19N3O. The third-order valence-corrected chi connectivity index (χ3v) is 4.84. The van der Waals surface area contributed by atoms with Crippen molar-refractivity contribution in [3.8, 4) is 11.3 Å². The van der Waals surface area contributed by atoms with E-state index in [0.29, 0.717) is 17.4 Å². The van der Waals surface area contributed by atoms with Gasteiger partial charge < -0.3 is 4.90 Å². The fourth-order valence-corrected chi connectivity index (χ4v) is 3.62. The number of carbonyl (C=O) groups is 1. The van der Waals surface area contributed by atoms with Gasteiger partial charge in [-0.2, -0.15) is 5.10 Å². The normalized spacial score (nSPS) is 23.5. The zero-order valence-corrected chi connectivity index (χ0v) is 12.4. The SMILES string of the molecule is O=C(c1cn[nH]c1-c1ccccc1)N1C[C@H]2CC=CC[C@H]2C1. The first kappa shape index (κ1) is 13.3. The molecule has 1 aliphatic carbocycles. The van der Waals surface area contributed by atoms with Crippen LogP contribution in [0.4, 0.5) is 0 Å². The second kappa shape index (κ2) is 5.44. The Morgan fingerprint density at radius 2 is 1.77 bits per heavy atom. The van der Waals surface area contributed by atoms with Gasteiger partial charge in [-0.15, -0.1) is 0 Å². The average molecular weight is 293 g/mol. The Bertz CT molecular complexity index is 688. The molecule has 4 nitrogen and oxygen atoms in total. The van der Waals surface area contributed by atoms with Crippen molar-refractivity contribution < 1.29 is 4.79 Å². The molecule has 0 saturated carbocycles. The van der Waals surface area contributed by atoms with Gasteiger partial charge in [0.1, 0.15) is 0 Å². The Hall–Kier alpha value is -2.36. The minimum absolute atomic E-state index is 0.0991. The van der Waals surface area contributed by atoms with Crippen LogP contribution in [0, 0.1) is 11.8 Å². The van der Waals surface area contributed by atoms with E-state index in [1.807, 2.05) is 35.2 Å². The van der Waals surface area contributed by atoms with E-state index >= 15 is 0 Å². The predicted molar refractivity (Wildman–Crippen MR) is 85.3 cm³/mol. The van der Waals surface area contributed by atoms with Gasteiger partial charge >= 0.3 is 0 Å². The maximum atomic E-state index is 12.9. The van der Waals surface area contributed by atoms with E-state index in [1.165, 1.54) is 0 Å². The molecule has 1 aliphatic heterocycles. The molecular weight excluding hydrogens is 274 g/mol. The molecule has 4 rings (SSSR count). The van der Waals surface area contributed by atoms with Gasteiger partial charge in [0.2, 0.25) is 0 Å². The van der Waals surface area contributed by atoms with Crippen molar-refractivity contribution in [1.82, 2.24) is 15.1 Å². The molecule has 1 aromatic carbocycles. The number of H-pyrrole nitrogens is 1. The van der Waals surface area contributed by atoms with Gasteiger partial charge in [-0.25, -0.2) is 0 Å². The van der Waals surface area contributed by atoms with E-state index < -0.39 is 0 Å². The van der Waals surface area contributed by atoms with Crippen LogP contribution in [0.2, 0.25) is 0 Å². The highest BCUT2D eigenvalue weighted by molar-refractivity contribution is 5.99. The number of allylic oxidation sites excluding steroid dienone is 2. The van der Waals surface area contributed by atoms with E-state index in [0.717, 1.165) is 37.2 Å². The molecule has 2 heterocycles. The highest BCUT2D eigenvalue weighted by Crippen LogP contribution is 2.34. The quantitative estimate of drug-likeness (QED) is 0.865. The summed E-state index contributed by atoms with van der Waals surface area (Å²) < 4.78 is 0. The largest absolute Gasteiger partial charge is 0.338 e. The van der Waals surface area contributed by atoms with Crippen molar-refractivity contribution >= 4 is 5.91 Å². The maximum Gasteiger partial charge on any atom is 0.257 e. The molecule has 0 unspecified atom stereocenters. The van der Waals surface area contributed by atoms with E-state index in [4.69, 9.17) is 0 Å². The number of hydrogen-bond acceptors (Lipinski definition) is 2. The Kier molecular flexibility index (Phi) is 3.29. The van der Waals surface area contributed by atoms with Gasteiger partial charge in [-0.3, -0.25) is 9.89 Å². The maximum absolute atomic E-state index is 12.9. The molecule has 2 aliphatic rings. The summed E-state index contributed by atoms with van der Waals surface area (Å²) >= 11 is 0. The van der Waals surface area contributed by atoms with Crippen LogP contribution < -0.4 is 0 Å². The first-order chi connectivity index (χ1) is 10.8. The topological polar surface area (TPSA) is 49.0 Å². The van der Waals surface area contributed by atoms with E-state index in [2.05, 4.69) is 22.3 Å². The van der Waals surface area contributed by atoms with Gasteiger partial charge in [-0.1, -0.05) is 42.5 Å². The summed E-state index contributed by atoms with van der Waals surface area (Å²) in [7, 11) is 0. The molecule has 0 bridgehead atoms. The molecule has 1 saturated heterocycles. The van der Waals surface area contributed by atoms with Crippen LogP contribution in [-0.2, 0) is 0 Å². The molecule has 1 N–H and O–H groups in total. The van der Waals surface area contributed by atoms with Crippen LogP contribution in [0.25, 0.3) is 11.3 Å². The number of fused-ring (bicyclic) bond motifs is 1. The number of likely N-dealkylation sites (tertiary alicyclic amines) is 1. The van der Waals surface area contributed by atoms with Crippen molar-refractivity contribution in [2.45, 2.75) is 12.8 Å². The summed E-state index contributed by atoms with van der Waals surface area (Å²) in [5, 5.41) is 7.08. The lowest BCUT2D eigenvalue weighted by atomic mass is 9.86. The minimum Gasteiger partial charge on any atom is -0.338 e.